The van der Waals surface area contributed by atoms with Gasteiger partial charge < -0.3 is 0 Å². The number of hydrogen-bond donors (Lipinski definition) is 0. The second-order valence-electron chi connectivity index (χ2n) is 3.55. The van der Waals surface area contributed by atoms with Crippen molar-refractivity contribution in [2.45, 2.75) is 0 Å². The minimum Gasteiger partial charge on any atom is -0.234 e. The summed E-state index contributed by atoms with van der Waals surface area (Å²) in [6.45, 7) is 0. The van der Waals surface area contributed by atoms with Crippen molar-refractivity contribution in [1.29, 1.82) is 0 Å². The zero-order chi connectivity index (χ0) is 14.1. The van der Waals surface area contributed by atoms with E-state index in [9.17, 15) is 0 Å². The molecule has 3 rings (SSSR count). The first-order valence-electron chi connectivity index (χ1n) is 5.15. The Morgan fingerprint density at radius 3 is 2.55 bits per heavy atom. The molecule has 5 nitrogen and oxygen atoms in total. The molecular weight excluding hydrogens is 450 g/mol. The minimum absolute atomic E-state index is 0.424. The molecule has 10 heteroatoms. The first-order valence-corrected chi connectivity index (χ1v) is 9.22. The number of rotatable bonds is 2. The van der Waals surface area contributed by atoms with Gasteiger partial charge in [-0.1, -0.05) is 11.6 Å². The van der Waals surface area contributed by atoms with Crippen LogP contribution >= 0.6 is 64.3 Å². The zero-order valence-electron chi connectivity index (χ0n) is 9.50. The predicted molar refractivity (Wildman–Crippen MR) is 87.0 cm³/mol. The van der Waals surface area contributed by atoms with Crippen molar-refractivity contribution >= 4 is 70.0 Å². The molecule has 0 fully saturated rings. The summed E-state index contributed by atoms with van der Waals surface area (Å²) in [5.41, 5.74) is 1.63. The van der Waals surface area contributed by atoms with Gasteiger partial charge in [0.05, 0.1) is 11.4 Å². The fourth-order valence-corrected chi connectivity index (χ4v) is 5.02. The summed E-state index contributed by atoms with van der Waals surface area (Å²) < 4.78 is 8.06. The largest absolute Gasteiger partial charge is 0.234 e. The lowest BCUT2D eigenvalue weighted by molar-refractivity contribution is 0.870. The molecule has 0 aliphatic heterocycles. The molecule has 0 amide bonds. The molecule has 0 atom stereocenters. The quantitative estimate of drug-likeness (QED) is 0.547. The van der Waals surface area contributed by atoms with Crippen molar-refractivity contribution in [1.82, 2.24) is 19.1 Å². The SMILES string of the molecule is Clc1nssc1=Nc1cc(Br)c(-n2cncn2)c(Br)c1. The summed E-state index contributed by atoms with van der Waals surface area (Å²) in [7, 11) is 2.75. The third-order valence-corrected chi connectivity index (χ3v) is 5.67. The Morgan fingerprint density at radius 1 is 1.25 bits per heavy atom. The van der Waals surface area contributed by atoms with Crippen LogP contribution in [0.15, 0.2) is 38.7 Å². The summed E-state index contributed by atoms with van der Waals surface area (Å²) in [5, 5.41) is 4.54. The van der Waals surface area contributed by atoms with Crippen molar-refractivity contribution < 1.29 is 0 Å². The summed E-state index contributed by atoms with van der Waals surface area (Å²) in [6, 6.07) is 3.78. The van der Waals surface area contributed by atoms with Crippen LogP contribution in [0.1, 0.15) is 0 Å². The van der Waals surface area contributed by atoms with Crippen LogP contribution in [-0.2, 0) is 0 Å². The summed E-state index contributed by atoms with van der Waals surface area (Å²) in [4.78, 5) is 8.41. The van der Waals surface area contributed by atoms with E-state index in [2.05, 4.69) is 51.3 Å². The van der Waals surface area contributed by atoms with Crippen LogP contribution in [0.3, 0.4) is 0 Å². The van der Waals surface area contributed by atoms with Gasteiger partial charge in [0.15, 0.2) is 9.82 Å². The maximum atomic E-state index is 5.95. The molecule has 0 bridgehead atoms. The minimum atomic E-state index is 0.424. The highest BCUT2D eigenvalue weighted by Crippen LogP contribution is 2.33. The maximum absolute atomic E-state index is 5.95. The molecule has 2 heterocycles. The highest BCUT2D eigenvalue weighted by atomic mass is 79.9. The molecular formula is C10H4Br2ClN5S2. The van der Waals surface area contributed by atoms with Crippen LogP contribution in [0, 0.1) is 0 Å². The van der Waals surface area contributed by atoms with Gasteiger partial charge in [0.1, 0.15) is 12.7 Å². The van der Waals surface area contributed by atoms with Crippen molar-refractivity contribution in [3.05, 3.63) is 43.6 Å². The number of benzene rings is 1. The molecule has 0 radical (unpaired) electrons. The molecule has 0 saturated heterocycles. The lowest BCUT2D eigenvalue weighted by Gasteiger charge is -2.07. The maximum Gasteiger partial charge on any atom is 0.179 e. The molecule has 0 aliphatic rings. The third kappa shape index (κ3) is 2.86. The van der Waals surface area contributed by atoms with Crippen LogP contribution in [0.4, 0.5) is 5.69 Å². The molecule has 20 heavy (non-hydrogen) atoms. The van der Waals surface area contributed by atoms with Gasteiger partial charge in [-0.25, -0.2) is 14.7 Å². The monoisotopic (exact) mass is 451 g/mol. The van der Waals surface area contributed by atoms with Crippen molar-refractivity contribution in [2.24, 2.45) is 4.99 Å². The van der Waals surface area contributed by atoms with E-state index in [0.717, 1.165) is 20.3 Å². The highest BCUT2D eigenvalue weighted by Gasteiger charge is 2.10. The molecule has 0 spiro atoms. The first-order chi connectivity index (χ1) is 9.65. The molecule has 0 N–H and O–H groups in total. The van der Waals surface area contributed by atoms with Gasteiger partial charge in [-0.3, -0.25) is 0 Å². The van der Waals surface area contributed by atoms with E-state index in [1.807, 2.05) is 12.1 Å². The Morgan fingerprint density at radius 2 is 2.00 bits per heavy atom. The van der Waals surface area contributed by atoms with E-state index in [-0.39, 0.29) is 0 Å². The topological polar surface area (TPSA) is 56.0 Å². The fourth-order valence-electron chi connectivity index (χ4n) is 1.50. The molecule has 3 aromatic rings. The van der Waals surface area contributed by atoms with Crippen LogP contribution < -0.4 is 4.67 Å². The van der Waals surface area contributed by atoms with Gasteiger partial charge in [0.25, 0.3) is 0 Å². The van der Waals surface area contributed by atoms with E-state index in [4.69, 9.17) is 11.6 Å². The average Bonchev–Trinajstić information content (AvgIpc) is 3.02. The Bertz CT molecular complexity index is 788. The number of nitrogens with zero attached hydrogens (tertiary/aromatic N) is 5. The second-order valence-corrected chi connectivity index (χ2v) is 7.45. The Balaban J connectivity index is 2.12. The van der Waals surface area contributed by atoms with E-state index in [1.54, 1.807) is 11.0 Å². The lowest BCUT2D eigenvalue weighted by Crippen LogP contribution is -1.98. The molecule has 2 aromatic heterocycles. The highest BCUT2D eigenvalue weighted by molar-refractivity contribution is 9.11. The molecule has 1 aromatic carbocycles. The smallest absolute Gasteiger partial charge is 0.179 e. The number of hydrogen-bond acceptors (Lipinski definition) is 6. The Labute approximate surface area is 142 Å². The number of aromatic nitrogens is 4. The van der Waals surface area contributed by atoms with Crippen LogP contribution in [0.5, 0.6) is 0 Å². The van der Waals surface area contributed by atoms with Crippen molar-refractivity contribution in [2.75, 3.05) is 0 Å². The zero-order valence-corrected chi connectivity index (χ0v) is 15.1. The van der Waals surface area contributed by atoms with Crippen LogP contribution in [-0.4, -0.2) is 19.1 Å². The molecule has 102 valence electrons. The predicted octanol–water partition coefficient (Wildman–Crippen LogP) is 4.20. The van der Waals surface area contributed by atoms with E-state index < -0.39 is 0 Å². The van der Waals surface area contributed by atoms with E-state index >= 15 is 0 Å². The normalized spacial score (nSPS) is 12.1. The van der Waals surface area contributed by atoms with Gasteiger partial charge >= 0.3 is 0 Å². The van der Waals surface area contributed by atoms with E-state index in [1.165, 1.54) is 27.2 Å². The first kappa shape index (κ1) is 14.3. The van der Waals surface area contributed by atoms with Crippen LogP contribution in [0.25, 0.3) is 5.69 Å². The number of halogens is 3. The summed E-state index contributed by atoms with van der Waals surface area (Å²) in [5.74, 6) is 0. The summed E-state index contributed by atoms with van der Waals surface area (Å²) >= 11 is 13.0. The fraction of sp³-hybridized carbons (Fsp3) is 0. The van der Waals surface area contributed by atoms with E-state index in [0.29, 0.717) is 9.82 Å². The molecule has 0 saturated carbocycles. The van der Waals surface area contributed by atoms with Gasteiger partial charge in [-0.15, -0.1) is 0 Å². The third-order valence-electron chi connectivity index (χ3n) is 2.29. The Hall–Kier alpha value is -0.610. The second kappa shape index (κ2) is 6.02. The van der Waals surface area contributed by atoms with Crippen molar-refractivity contribution in [3.63, 3.8) is 0 Å². The lowest BCUT2D eigenvalue weighted by atomic mass is 10.3. The standard InChI is InChI=1S/C10H4Br2ClN5S2/c11-6-1-5(16-10-9(13)17-20-19-10)2-7(12)8(6)18-4-14-3-15-18/h1-4H. The van der Waals surface area contributed by atoms with Gasteiger partial charge in [-0.2, -0.15) is 9.47 Å². The van der Waals surface area contributed by atoms with Gasteiger partial charge in [-0.05, 0) is 54.3 Å². The van der Waals surface area contributed by atoms with Crippen LogP contribution in [0.2, 0.25) is 5.15 Å². The molecule has 0 aliphatic carbocycles. The summed E-state index contributed by atoms with van der Waals surface area (Å²) in [6.07, 6.45) is 3.11. The van der Waals surface area contributed by atoms with Gasteiger partial charge in [0.2, 0.25) is 0 Å². The van der Waals surface area contributed by atoms with Gasteiger partial charge in [0, 0.05) is 19.5 Å². The van der Waals surface area contributed by atoms with Crippen molar-refractivity contribution in [3.8, 4) is 5.69 Å². The molecule has 0 unspecified atom stereocenters. The average molecular weight is 454 g/mol. The Kier molecular flexibility index (Phi) is 4.32.